The lowest BCUT2D eigenvalue weighted by atomic mass is 10.2. The Morgan fingerprint density at radius 3 is 2.93 bits per heavy atom. The van der Waals surface area contributed by atoms with Gasteiger partial charge in [-0.3, -0.25) is 4.79 Å². The molecule has 1 amide bonds. The molecule has 1 unspecified atom stereocenters. The molecule has 152 valence electrons. The van der Waals surface area contributed by atoms with Crippen LogP contribution in [-0.4, -0.2) is 35.8 Å². The number of carbonyl (C=O) groups excluding carboxylic acids is 1. The van der Waals surface area contributed by atoms with Crippen LogP contribution < -0.4 is 4.80 Å². The average molecular weight is 452 g/mol. The molecule has 0 spiro atoms. The van der Waals surface area contributed by atoms with E-state index in [9.17, 15) is 17.6 Å². The van der Waals surface area contributed by atoms with Crippen LogP contribution in [-0.2, 0) is 21.4 Å². The zero-order valence-corrected chi connectivity index (χ0v) is 17.8. The molecule has 0 bridgehead atoms. The number of nitrogens with zero attached hydrogens (tertiary/aromatic N) is 3. The predicted octanol–water partition coefficient (Wildman–Crippen LogP) is 3.37. The second kappa shape index (κ2) is 7.94. The number of sulfonamides is 1. The van der Waals surface area contributed by atoms with Crippen molar-refractivity contribution >= 4 is 48.8 Å². The van der Waals surface area contributed by atoms with Crippen LogP contribution in [0.3, 0.4) is 0 Å². The molecule has 6 nitrogen and oxygen atoms in total. The van der Waals surface area contributed by atoms with Crippen molar-refractivity contribution in [1.29, 1.82) is 0 Å². The van der Waals surface area contributed by atoms with E-state index in [1.165, 1.54) is 33.8 Å². The van der Waals surface area contributed by atoms with Gasteiger partial charge in [0, 0.05) is 13.1 Å². The van der Waals surface area contributed by atoms with Crippen LogP contribution in [0.5, 0.6) is 0 Å². The van der Waals surface area contributed by atoms with E-state index >= 15 is 0 Å². The maximum atomic E-state index is 13.6. The number of hydrogen-bond acceptors (Lipinski definition) is 5. The maximum absolute atomic E-state index is 13.6. The Balaban J connectivity index is 1.74. The molecule has 0 radical (unpaired) electrons. The van der Waals surface area contributed by atoms with Crippen molar-refractivity contribution in [3.05, 3.63) is 59.0 Å². The molecule has 29 heavy (non-hydrogen) atoms. The Morgan fingerprint density at radius 2 is 2.21 bits per heavy atom. The fourth-order valence-corrected chi connectivity index (χ4v) is 7.25. The maximum Gasteiger partial charge on any atom is 0.266 e. The van der Waals surface area contributed by atoms with E-state index in [0.717, 1.165) is 16.9 Å². The van der Waals surface area contributed by atoms with Crippen LogP contribution in [0.1, 0.15) is 12.8 Å². The molecule has 10 heteroatoms. The average Bonchev–Trinajstić information content (AvgIpc) is 3.42. The summed E-state index contributed by atoms with van der Waals surface area (Å²) in [5.41, 5.74) is 0.748. The molecule has 3 aromatic rings. The van der Waals surface area contributed by atoms with E-state index in [2.05, 4.69) is 11.6 Å². The van der Waals surface area contributed by atoms with Gasteiger partial charge in [0.2, 0.25) is 0 Å². The van der Waals surface area contributed by atoms with Gasteiger partial charge in [0.15, 0.2) is 4.80 Å². The van der Waals surface area contributed by atoms with Crippen LogP contribution in [0.2, 0.25) is 0 Å². The number of aromatic nitrogens is 1. The number of thiophene rings is 1. The zero-order chi connectivity index (χ0) is 20.6. The quantitative estimate of drug-likeness (QED) is 0.559. The van der Waals surface area contributed by atoms with Gasteiger partial charge in [0.1, 0.15) is 16.1 Å². The third kappa shape index (κ3) is 3.73. The highest BCUT2D eigenvalue weighted by atomic mass is 32.2. The van der Waals surface area contributed by atoms with E-state index in [4.69, 9.17) is 0 Å². The normalized spacial score (nSPS) is 18.5. The van der Waals surface area contributed by atoms with Crippen molar-refractivity contribution in [3.8, 4) is 0 Å². The minimum Gasteiger partial charge on any atom is -0.313 e. The summed E-state index contributed by atoms with van der Waals surface area (Å²) in [5.74, 6) is -0.876. The summed E-state index contributed by atoms with van der Waals surface area (Å²) in [6.45, 7) is 4.42. The number of allylic oxidation sites excluding steroid dienone is 1. The lowest BCUT2D eigenvalue weighted by Gasteiger charge is -2.20. The van der Waals surface area contributed by atoms with Gasteiger partial charge in [-0.15, -0.1) is 17.9 Å². The standard InChI is InChI=1S/C19H18FN3O3S3/c1-2-9-22-14-8-7-13(20)12-16(14)28-19(22)21-18(24)15-5-3-10-23(15)29(25,26)17-6-4-11-27-17/h2,4,6-8,11-12,15H,1,3,5,9-10H2. The molecule has 1 aliphatic rings. The van der Waals surface area contributed by atoms with Crippen molar-refractivity contribution in [3.63, 3.8) is 0 Å². The Bertz CT molecular complexity index is 1240. The van der Waals surface area contributed by atoms with Gasteiger partial charge in [-0.25, -0.2) is 12.8 Å². The first-order chi connectivity index (χ1) is 13.9. The number of hydrogen-bond donors (Lipinski definition) is 0. The van der Waals surface area contributed by atoms with Gasteiger partial charge in [0.05, 0.1) is 10.2 Å². The van der Waals surface area contributed by atoms with Crippen LogP contribution in [0.4, 0.5) is 4.39 Å². The summed E-state index contributed by atoms with van der Waals surface area (Å²) in [6.07, 6.45) is 2.69. The number of thiazole rings is 1. The SMILES string of the molecule is C=CCn1c(=NC(=O)C2CCCN2S(=O)(=O)c2cccs2)sc2cc(F)ccc21. The Morgan fingerprint density at radius 1 is 1.38 bits per heavy atom. The molecule has 4 rings (SSSR count). The number of fused-ring (bicyclic) bond motifs is 1. The minimum absolute atomic E-state index is 0.219. The van der Waals surface area contributed by atoms with Crippen molar-refractivity contribution in [2.45, 2.75) is 29.6 Å². The highest BCUT2D eigenvalue weighted by Gasteiger charge is 2.39. The minimum atomic E-state index is -3.73. The lowest BCUT2D eigenvalue weighted by Crippen LogP contribution is -2.40. The molecule has 1 fully saturated rings. The fraction of sp³-hybridized carbons (Fsp3) is 0.263. The third-order valence-electron chi connectivity index (χ3n) is 4.71. The summed E-state index contributed by atoms with van der Waals surface area (Å²) in [7, 11) is -3.73. The fourth-order valence-electron chi connectivity index (χ4n) is 3.41. The first-order valence-electron chi connectivity index (χ1n) is 8.95. The number of benzene rings is 1. The van der Waals surface area contributed by atoms with Crippen molar-refractivity contribution < 1.29 is 17.6 Å². The van der Waals surface area contributed by atoms with Gasteiger partial charge < -0.3 is 4.57 Å². The molecule has 0 N–H and O–H groups in total. The van der Waals surface area contributed by atoms with E-state index in [1.54, 1.807) is 28.2 Å². The number of amides is 1. The first-order valence-corrected chi connectivity index (χ1v) is 12.1. The Kier molecular flexibility index (Phi) is 5.52. The molecule has 1 aliphatic heterocycles. The van der Waals surface area contributed by atoms with E-state index in [0.29, 0.717) is 28.9 Å². The molecule has 1 saturated heterocycles. The van der Waals surface area contributed by atoms with Gasteiger partial charge in [-0.2, -0.15) is 9.30 Å². The number of carbonyl (C=O) groups is 1. The van der Waals surface area contributed by atoms with Crippen LogP contribution in [0, 0.1) is 5.82 Å². The second-order valence-corrected chi connectivity index (χ2v) is 10.6. The second-order valence-electron chi connectivity index (χ2n) is 6.55. The smallest absolute Gasteiger partial charge is 0.266 e. The molecule has 0 aliphatic carbocycles. The predicted molar refractivity (Wildman–Crippen MR) is 112 cm³/mol. The molecular weight excluding hydrogens is 433 g/mol. The summed E-state index contributed by atoms with van der Waals surface area (Å²) >= 11 is 2.32. The molecule has 3 heterocycles. The van der Waals surface area contributed by atoms with E-state index in [-0.39, 0.29) is 16.6 Å². The Labute approximate surface area is 175 Å². The van der Waals surface area contributed by atoms with E-state index in [1.807, 2.05) is 0 Å². The van der Waals surface area contributed by atoms with Gasteiger partial charge in [-0.1, -0.05) is 23.5 Å². The van der Waals surface area contributed by atoms with Crippen LogP contribution >= 0.6 is 22.7 Å². The van der Waals surface area contributed by atoms with Crippen molar-refractivity contribution in [1.82, 2.24) is 8.87 Å². The highest BCUT2D eigenvalue weighted by molar-refractivity contribution is 7.91. The summed E-state index contributed by atoms with van der Waals surface area (Å²) in [4.78, 5) is 17.6. The molecule has 1 atom stereocenters. The summed E-state index contributed by atoms with van der Waals surface area (Å²) < 4.78 is 43.3. The van der Waals surface area contributed by atoms with Gasteiger partial charge in [-0.05, 0) is 42.5 Å². The summed E-state index contributed by atoms with van der Waals surface area (Å²) in [5, 5.41) is 1.69. The largest absolute Gasteiger partial charge is 0.313 e. The molecule has 0 saturated carbocycles. The van der Waals surface area contributed by atoms with Crippen LogP contribution in [0.25, 0.3) is 10.2 Å². The van der Waals surface area contributed by atoms with Gasteiger partial charge >= 0.3 is 0 Å². The first kappa shape index (κ1) is 20.1. The molecule has 1 aromatic carbocycles. The lowest BCUT2D eigenvalue weighted by molar-refractivity contribution is -0.121. The third-order valence-corrected chi connectivity index (χ3v) is 9.03. The summed E-state index contributed by atoms with van der Waals surface area (Å²) in [6, 6.07) is 6.76. The Hall–Kier alpha value is -2.14. The topological polar surface area (TPSA) is 71.7 Å². The van der Waals surface area contributed by atoms with Crippen molar-refractivity contribution in [2.75, 3.05) is 6.54 Å². The monoisotopic (exact) mass is 451 g/mol. The number of rotatable bonds is 5. The molecular formula is C19H18FN3O3S3. The highest BCUT2D eigenvalue weighted by Crippen LogP contribution is 2.29. The number of halogens is 1. The van der Waals surface area contributed by atoms with Gasteiger partial charge in [0.25, 0.3) is 15.9 Å². The molecule has 2 aromatic heterocycles. The van der Waals surface area contributed by atoms with E-state index < -0.39 is 22.0 Å². The van der Waals surface area contributed by atoms with Crippen LogP contribution in [0.15, 0.2) is 57.6 Å². The zero-order valence-electron chi connectivity index (χ0n) is 15.3. The van der Waals surface area contributed by atoms with Crippen molar-refractivity contribution in [2.24, 2.45) is 4.99 Å².